The molecule has 0 aliphatic carbocycles. The van der Waals surface area contributed by atoms with E-state index >= 15 is 0 Å². The lowest BCUT2D eigenvalue weighted by Gasteiger charge is -2.06. The normalized spacial score (nSPS) is 10.3. The van der Waals surface area contributed by atoms with E-state index in [0.717, 1.165) is 16.8 Å². The molecule has 4 nitrogen and oxygen atoms in total. The molecule has 4 heteroatoms. The number of nitrogens with zero attached hydrogens (tertiary/aromatic N) is 1. The van der Waals surface area contributed by atoms with Crippen LogP contribution in [0.2, 0.25) is 0 Å². The highest BCUT2D eigenvalue weighted by Crippen LogP contribution is 2.15. The summed E-state index contributed by atoms with van der Waals surface area (Å²) in [5.74, 6) is -0.250. The smallest absolute Gasteiger partial charge is 0.278 e. The highest BCUT2D eigenvalue weighted by molar-refractivity contribution is 6.03. The van der Waals surface area contributed by atoms with Gasteiger partial charge in [-0.2, -0.15) is 0 Å². The number of aromatic nitrogens is 1. The van der Waals surface area contributed by atoms with E-state index in [4.69, 9.17) is 4.52 Å². The van der Waals surface area contributed by atoms with Gasteiger partial charge in [0, 0.05) is 11.3 Å². The van der Waals surface area contributed by atoms with Crippen molar-refractivity contribution in [1.82, 2.24) is 5.16 Å². The van der Waals surface area contributed by atoms with Crippen LogP contribution < -0.4 is 5.32 Å². The molecule has 1 N–H and O–H groups in total. The van der Waals surface area contributed by atoms with Gasteiger partial charge in [-0.1, -0.05) is 11.2 Å². The molecule has 1 aromatic carbocycles. The minimum Gasteiger partial charge on any atom is -0.364 e. The maximum atomic E-state index is 11.9. The number of hydrogen-bond acceptors (Lipinski definition) is 3. The first-order valence-electron chi connectivity index (χ1n) is 5.37. The highest BCUT2D eigenvalue weighted by Gasteiger charge is 2.13. The van der Waals surface area contributed by atoms with Crippen LogP contribution in [0.4, 0.5) is 5.69 Å². The van der Waals surface area contributed by atoms with Gasteiger partial charge >= 0.3 is 0 Å². The Bertz CT molecular complexity index is 558. The van der Waals surface area contributed by atoms with Crippen LogP contribution in [-0.4, -0.2) is 11.1 Å². The Morgan fingerprint density at radius 1 is 1.18 bits per heavy atom. The topological polar surface area (TPSA) is 55.1 Å². The number of nitrogens with one attached hydrogen (secondary N) is 1. The van der Waals surface area contributed by atoms with Gasteiger partial charge in [-0.3, -0.25) is 4.79 Å². The van der Waals surface area contributed by atoms with E-state index in [0.29, 0.717) is 5.69 Å². The predicted molar refractivity (Wildman–Crippen MR) is 65.1 cm³/mol. The first-order chi connectivity index (χ1) is 8.08. The van der Waals surface area contributed by atoms with Gasteiger partial charge in [-0.05, 0) is 44.0 Å². The summed E-state index contributed by atoms with van der Waals surface area (Å²) in [5.41, 5.74) is 4.15. The van der Waals surface area contributed by atoms with Gasteiger partial charge in [0.1, 0.15) is 6.26 Å². The molecular weight excluding hydrogens is 216 g/mol. The molecule has 0 saturated carbocycles. The molecule has 88 valence electrons. The van der Waals surface area contributed by atoms with E-state index < -0.39 is 0 Å². The van der Waals surface area contributed by atoms with Crippen LogP contribution in [0.1, 0.15) is 27.2 Å². The molecule has 0 aliphatic heterocycles. The number of benzene rings is 1. The lowest BCUT2D eigenvalue weighted by molar-refractivity contribution is 0.101. The molecule has 0 fully saturated rings. The molecule has 0 unspecified atom stereocenters. The van der Waals surface area contributed by atoms with Crippen molar-refractivity contribution >= 4 is 11.6 Å². The van der Waals surface area contributed by atoms with Crippen molar-refractivity contribution in [1.29, 1.82) is 0 Å². The van der Waals surface area contributed by atoms with Crippen LogP contribution in [-0.2, 0) is 0 Å². The van der Waals surface area contributed by atoms with Crippen molar-refractivity contribution in [3.63, 3.8) is 0 Å². The molecule has 2 rings (SSSR count). The predicted octanol–water partition coefficient (Wildman–Crippen LogP) is 2.85. The summed E-state index contributed by atoms with van der Waals surface area (Å²) in [5, 5.41) is 6.46. The summed E-state index contributed by atoms with van der Waals surface area (Å²) < 4.78 is 4.74. The molecular formula is C13H14N2O2. The molecule has 0 atom stereocenters. The monoisotopic (exact) mass is 230 g/mol. The Kier molecular flexibility index (Phi) is 2.95. The van der Waals surface area contributed by atoms with Crippen molar-refractivity contribution in [2.45, 2.75) is 20.8 Å². The van der Waals surface area contributed by atoms with E-state index in [1.807, 2.05) is 32.0 Å². The molecule has 0 saturated heterocycles. The minimum atomic E-state index is -0.250. The highest BCUT2D eigenvalue weighted by atomic mass is 16.5. The van der Waals surface area contributed by atoms with Crippen LogP contribution in [0.3, 0.4) is 0 Å². The van der Waals surface area contributed by atoms with Crippen LogP contribution in [0.5, 0.6) is 0 Å². The molecule has 0 bridgehead atoms. The first kappa shape index (κ1) is 11.4. The van der Waals surface area contributed by atoms with Crippen molar-refractivity contribution in [2.24, 2.45) is 0 Å². The second-order valence-corrected chi connectivity index (χ2v) is 4.10. The quantitative estimate of drug-likeness (QED) is 0.863. The summed E-state index contributed by atoms with van der Waals surface area (Å²) in [6.45, 7) is 5.82. The van der Waals surface area contributed by atoms with Crippen molar-refractivity contribution in [3.05, 3.63) is 46.8 Å². The fourth-order valence-electron chi connectivity index (χ4n) is 1.52. The number of carbonyl (C=O) groups is 1. The summed E-state index contributed by atoms with van der Waals surface area (Å²) in [7, 11) is 0. The second-order valence-electron chi connectivity index (χ2n) is 4.10. The van der Waals surface area contributed by atoms with Crippen molar-refractivity contribution in [2.75, 3.05) is 5.32 Å². The molecule has 1 amide bonds. The zero-order valence-corrected chi connectivity index (χ0v) is 10.1. The Hall–Kier alpha value is -2.10. The average molecular weight is 230 g/mol. The summed E-state index contributed by atoms with van der Waals surface area (Å²) in [6, 6.07) is 5.78. The number of rotatable bonds is 2. The fourth-order valence-corrected chi connectivity index (χ4v) is 1.52. The lowest BCUT2D eigenvalue weighted by atomic mass is 10.1. The molecule has 0 aliphatic rings. The number of hydrogen-bond donors (Lipinski definition) is 1. The maximum Gasteiger partial charge on any atom is 0.278 e. The molecule has 2 aromatic rings. The Labute approximate surface area is 99.6 Å². The second kappa shape index (κ2) is 4.41. The van der Waals surface area contributed by atoms with Crippen LogP contribution in [0.25, 0.3) is 0 Å². The first-order valence-corrected chi connectivity index (χ1v) is 5.37. The van der Waals surface area contributed by atoms with Gasteiger partial charge in [0.05, 0.1) is 0 Å². The average Bonchev–Trinajstić information content (AvgIpc) is 2.70. The molecule has 1 aromatic heterocycles. The third-order valence-electron chi connectivity index (χ3n) is 2.73. The van der Waals surface area contributed by atoms with E-state index in [-0.39, 0.29) is 5.91 Å². The SMILES string of the molecule is Cc1ccc(NC(=O)c2nocc2C)cc1C. The van der Waals surface area contributed by atoms with Gasteiger partial charge < -0.3 is 9.84 Å². The lowest BCUT2D eigenvalue weighted by Crippen LogP contribution is -2.13. The van der Waals surface area contributed by atoms with Gasteiger partial charge in [0.15, 0.2) is 5.69 Å². The summed E-state index contributed by atoms with van der Waals surface area (Å²) in [4.78, 5) is 11.9. The Morgan fingerprint density at radius 2 is 1.94 bits per heavy atom. The third kappa shape index (κ3) is 2.36. The van der Waals surface area contributed by atoms with Crippen LogP contribution in [0, 0.1) is 20.8 Å². The molecule has 1 heterocycles. The number of anilines is 1. The van der Waals surface area contributed by atoms with Crippen LogP contribution >= 0.6 is 0 Å². The zero-order valence-electron chi connectivity index (χ0n) is 10.1. The fraction of sp³-hybridized carbons (Fsp3) is 0.231. The Balaban J connectivity index is 2.19. The molecule has 0 radical (unpaired) electrons. The van der Waals surface area contributed by atoms with Gasteiger partial charge in [0.25, 0.3) is 5.91 Å². The molecule has 0 spiro atoms. The van der Waals surface area contributed by atoms with Crippen LogP contribution in [0.15, 0.2) is 29.0 Å². The number of aryl methyl sites for hydroxylation is 3. The van der Waals surface area contributed by atoms with E-state index in [1.165, 1.54) is 11.8 Å². The largest absolute Gasteiger partial charge is 0.364 e. The Morgan fingerprint density at radius 3 is 2.53 bits per heavy atom. The van der Waals surface area contributed by atoms with Crippen molar-refractivity contribution < 1.29 is 9.32 Å². The van der Waals surface area contributed by atoms with E-state index in [1.54, 1.807) is 6.92 Å². The number of amides is 1. The third-order valence-corrected chi connectivity index (χ3v) is 2.73. The van der Waals surface area contributed by atoms with Gasteiger partial charge in [0.2, 0.25) is 0 Å². The van der Waals surface area contributed by atoms with Gasteiger partial charge in [-0.25, -0.2) is 0 Å². The minimum absolute atomic E-state index is 0.250. The van der Waals surface area contributed by atoms with E-state index in [9.17, 15) is 4.79 Å². The molecule has 17 heavy (non-hydrogen) atoms. The summed E-state index contributed by atoms with van der Waals surface area (Å²) >= 11 is 0. The zero-order chi connectivity index (χ0) is 12.4. The van der Waals surface area contributed by atoms with Crippen molar-refractivity contribution in [3.8, 4) is 0 Å². The maximum absolute atomic E-state index is 11.9. The van der Waals surface area contributed by atoms with E-state index in [2.05, 4.69) is 10.5 Å². The van der Waals surface area contributed by atoms with Gasteiger partial charge in [-0.15, -0.1) is 0 Å². The standard InChI is InChI=1S/C13H14N2O2/c1-8-4-5-11(6-9(8)2)14-13(16)12-10(3)7-17-15-12/h4-7H,1-3H3,(H,14,16). The summed E-state index contributed by atoms with van der Waals surface area (Å²) in [6.07, 6.45) is 1.45. The number of carbonyl (C=O) groups excluding carboxylic acids is 1.